The zero-order chi connectivity index (χ0) is 19.3. The van der Waals surface area contributed by atoms with Gasteiger partial charge in [-0.25, -0.2) is 0 Å². The molecule has 1 aliphatic heterocycles. The van der Waals surface area contributed by atoms with E-state index in [0.29, 0.717) is 18.8 Å². The Morgan fingerprint density at radius 3 is 2.12 bits per heavy atom. The second kappa shape index (κ2) is 9.89. The Labute approximate surface area is 152 Å². The molecule has 0 radical (unpaired) electrons. The molecule has 5 heteroatoms. The highest BCUT2D eigenvalue weighted by Crippen LogP contribution is 2.30. The van der Waals surface area contributed by atoms with E-state index in [1.165, 1.54) is 0 Å². The molecule has 0 bridgehead atoms. The fraction of sp³-hybridized carbons (Fsp3) is 0.950. The summed E-state index contributed by atoms with van der Waals surface area (Å²) in [5, 5.41) is 31.6. The van der Waals surface area contributed by atoms with Gasteiger partial charge >= 0.3 is 5.97 Å². The maximum atomic E-state index is 12.5. The van der Waals surface area contributed by atoms with Crippen LogP contribution in [0.3, 0.4) is 0 Å². The summed E-state index contributed by atoms with van der Waals surface area (Å²) in [6.45, 7) is 11.4. The van der Waals surface area contributed by atoms with E-state index in [4.69, 9.17) is 4.74 Å². The number of rotatable bonds is 1. The number of aliphatic hydroxyl groups excluding tert-OH is 3. The van der Waals surface area contributed by atoms with Crippen LogP contribution in [0, 0.1) is 29.6 Å². The van der Waals surface area contributed by atoms with Crippen LogP contribution >= 0.6 is 0 Å². The van der Waals surface area contributed by atoms with Crippen molar-refractivity contribution in [3.8, 4) is 0 Å². The molecule has 0 saturated carbocycles. The molecule has 0 aromatic carbocycles. The second-order valence-electron chi connectivity index (χ2n) is 8.33. The number of carbonyl (C=O) groups excluding carboxylic acids is 1. The Balaban J connectivity index is 3.03. The third kappa shape index (κ3) is 5.93. The Morgan fingerprint density at radius 2 is 1.56 bits per heavy atom. The number of esters is 1. The Morgan fingerprint density at radius 1 is 0.960 bits per heavy atom. The summed E-state index contributed by atoms with van der Waals surface area (Å²) in [7, 11) is 0. The number of carbonyl (C=O) groups is 1. The first-order valence-electron chi connectivity index (χ1n) is 9.84. The van der Waals surface area contributed by atoms with Crippen molar-refractivity contribution < 1.29 is 24.9 Å². The summed E-state index contributed by atoms with van der Waals surface area (Å²) in [6, 6.07) is 0. The first kappa shape index (κ1) is 22.4. The maximum absolute atomic E-state index is 12.5. The van der Waals surface area contributed by atoms with Gasteiger partial charge < -0.3 is 20.1 Å². The number of hydrogen-bond acceptors (Lipinski definition) is 5. The fourth-order valence-corrected chi connectivity index (χ4v) is 3.99. The Hall–Kier alpha value is -0.650. The lowest BCUT2D eigenvalue weighted by molar-refractivity contribution is -0.165. The minimum absolute atomic E-state index is 0.0156. The molecule has 1 aliphatic rings. The molecule has 0 aromatic heterocycles. The SMILES string of the molecule is CC[C@H]1OC(=O)[C@H](C)[C@@H](O)[C@H](C)C[C@@H](C)CCC(O)[C@H](C)[C@@H](O)[C@H]1C. The summed E-state index contributed by atoms with van der Waals surface area (Å²) < 4.78 is 5.63. The molecule has 0 aliphatic carbocycles. The molecule has 0 spiro atoms. The van der Waals surface area contributed by atoms with E-state index in [9.17, 15) is 20.1 Å². The van der Waals surface area contributed by atoms with E-state index in [2.05, 4.69) is 6.92 Å². The van der Waals surface area contributed by atoms with E-state index < -0.39 is 36.3 Å². The lowest BCUT2D eigenvalue weighted by atomic mass is 9.81. The van der Waals surface area contributed by atoms with Crippen molar-refractivity contribution in [3.05, 3.63) is 0 Å². The molecule has 1 heterocycles. The van der Waals surface area contributed by atoms with Gasteiger partial charge in [-0.15, -0.1) is 0 Å². The van der Waals surface area contributed by atoms with Gasteiger partial charge in [0, 0.05) is 11.8 Å². The second-order valence-corrected chi connectivity index (χ2v) is 8.33. The van der Waals surface area contributed by atoms with Crippen molar-refractivity contribution in [3.63, 3.8) is 0 Å². The van der Waals surface area contributed by atoms with Gasteiger partial charge in [-0.2, -0.15) is 0 Å². The predicted octanol–water partition coefficient (Wildman–Crippen LogP) is 2.76. The summed E-state index contributed by atoms with van der Waals surface area (Å²) in [5.74, 6) is -1.25. The zero-order valence-corrected chi connectivity index (χ0v) is 16.7. The molecule has 0 amide bonds. The van der Waals surface area contributed by atoms with Gasteiger partial charge in [-0.1, -0.05) is 34.6 Å². The van der Waals surface area contributed by atoms with Gasteiger partial charge in [0.15, 0.2) is 0 Å². The molecule has 9 atom stereocenters. The highest BCUT2D eigenvalue weighted by Gasteiger charge is 2.36. The Bertz CT molecular complexity index is 413. The van der Waals surface area contributed by atoms with Crippen LogP contribution in [0.5, 0.6) is 0 Å². The molecule has 1 rings (SSSR count). The van der Waals surface area contributed by atoms with Crippen LogP contribution in [0.1, 0.15) is 67.2 Å². The smallest absolute Gasteiger partial charge is 0.311 e. The van der Waals surface area contributed by atoms with Crippen LogP contribution in [0.15, 0.2) is 0 Å². The van der Waals surface area contributed by atoms with Gasteiger partial charge in [0.1, 0.15) is 6.10 Å². The van der Waals surface area contributed by atoms with Crippen LogP contribution < -0.4 is 0 Å². The number of ether oxygens (including phenoxy) is 1. The molecule has 1 unspecified atom stereocenters. The largest absolute Gasteiger partial charge is 0.462 e. The van der Waals surface area contributed by atoms with Crippen LogP contribution in [0.2, 0.25) is 0 Å². The van der Waals surface area contributed by atoms with Crippen LogP contribution in [0.4, 0.5) is 0 Å². The van der Waals surface area contributed by atoms with Crippen molar-refractivity contribution >= 4 is 5.97 Å². The van der Waals surface area contributed by atoms with E-state index in [1.807, 2.05) is 27.7 Å². The molecular formula is C20H38O5. The summed E-state index contributed by atoms with van der Waals surface area (Å²) in [5.41, 5.74) is 0. The van der Waals surface area contributed by atoms with Gasteiger partial charge in [0.25, 0.3) is 0 Å². The van der Waals surface area contributed by atoms with E-state index in [-0.39, 0.29) is 17.8 Å². The normalized spacial score (nSPS) is 45.5. The first-order valence-corrected chi connectivity index (χ1v) is 9.84. The molecule has 3 N–H and O–H groups in total. The van der Waals surface area contributed by atoms with Crippen LogP contribution in [0.25, 0.3) is 0 Å². The van der Waals surface area contributed by atoms with E-state index in [1.54, 1.807) is 6.92 Å². The molecule has 1 saturated heterocycles. The standard InChI is InChI=1S/C20H38O5/c1-7-17-14(5)19(23)13(4)16(21)9-8-11(2)10-12(3)18(22)15(6)20(24)25-17/h11-19,21-23H,7-10H2,1-6H3/t11-,12+,13-,14-,15+,16?,17+,18-,19+/m0/s1. The summed E-state index contributed by atoms with van der Waals surface area (Å²) >= 11 is 0. The van der Waals surface area contributed by atoms with Crippen molar-refractivity contribution in [1.29, 1.82) is 0 Å². The van der Waals surface area contributed by atoms with Crippen molar-refractivity contribution in [1.82, 2.24) is 0 Å². The topological polar surface area (TPSA) is 87.0 Å². The minimum atomic E-state index is -0.750. The predicted molar refractivity (Wildman–Crippen MR) is 97.9 cm³/mol. The number of hydrogen-bond donors (Lipinski definition) is 3. The third-order valence-corrected chi connectivity index (χ3v) is 6.14. The Kier molecular flexibility index (Phi) is 8.85. The average Bonchev–Trinajstić information content (AvgIpc) is 2.59. The van der Waals surface area contributed by atoms with Crippen molar-refractivity contribution in [2.45, 2.75) is 91.6 Å². The quantitative estimate of drug-likeness (QED) is 0.628. The van der Waals surface area contributed by atoms with Gasteiger partial charge in [-0.05, 0) is 44.4 Å². The molecule has 0 aromatic rings. The molecule has 1 fully saturated rings. The number of cyclic esters (lactones) is 1. The maximum Gasteiger partial charge on any atom is 0.311 e. The average molecular weight is 359 g/mol. The van der Waals surface area contributed by atoms with Gasteiger partial charge in [-0.3, -0.25) is 4.79 Å². The van der Waals surface area contributed by atoms with Gasteiger partial charge in [0.2, 0.25) is 0 Å². The third-order valence-electron chi connectivity index (χ3n) is 6.14. The van der Waals surface area contributed by atoms with Gasteiger partial charge in [0.05, 0.1) is 24.2 Å². The molecule has 5 nitrogen and oxygen atoms in total. The van der Waals surface area contributed by atoms with Crippen molar-refractivity contribution in [2.75, 3.05) is 0 Å². The van der Waals surface area contributed by atoms with Crippen LogP contribution in [-0.2, 0) is 9.53 Å². The molecular weight excluding hydrogens is 320 g/mol. The van der Waals surface area contributed by atoms with Crippen molar-refractivity contribution in [2.24, 2.45) is 29.6 Å². The first-order chi connectivity index (χ1) is 11.6. The lowest BCUT2D eigenvalue weighted by Crippen LogP contribution is -2.42. The van der Waals surface area contributed by atoms with E-state index >= 15 is 0 Å². The summed E-state index contributed by atoms with van der Waals surface area (Å²) in [6.07, 6.45) is 0.322. The molecule has 25 heavy (non-hydrogen) atoms. The monoisotopic (exact) mass is 358 g/mol. The lowest BCUT2D eigenvalue weighted by Gasteiger charge is -2.35. The van der Waals surface area contributed by atoms with Crippen LogP contribution in [-0.4, -0.2) is 45.7 Å². The minimum Gasteiger partial charge on any atom is -0.462 e. The highest BCUT2D eigenvalue weighted by molar-refractivity contribution is 5.73. The van der Waals surface area contributed by atoms with E-state index in [0.717, 1.165) is 12.8 Å². The zero-order valence-electron chi connectivity index (χ0n) is 16.7. The number of aliphatic hydroxyl groups is 3. The fourth-order valence-electron chi connectivity index (χ4n) is 3.99. The summed E-state index contributed by atoms with van der Waals surface area (Å²) in [4.78, 5) is 12.5. The molecule has 148 valence electrons. The highest BCUT2D eigenvalue weighted by atomic mass is 16.5.